The SMILES string of the molecule is C=C(Cl)COC(=O)C1=C(CSc2nnnn2C)CS[C@H]2C(NC(=O)C(=NOCC(=O)OC)c3cscn3)C(=O)N12. The summed E-state index contributed by atoms with van der Waals surface area (Å²) in [7, 11) is 2.86. The lowest BCUT2D eigenvalue weighted by Crippen LogP contribution is -2.71. The molecule has 2 amide bonds. The molecule has 4 heterocycles. The second-order valence-electron chi connectivity index (χ2n) is 7.94. The summed E-state index contributed by atoms with van der Waals surface area (Å²) >= 11 is 9.63. The summed E-state index contributed by atoms with van der Waals surface area (Å²) < 4.78 is 11.2. The largest absolute Gasteiger partial charge is 0.466 e. The van der Waals surface area contributed by atoms with Crippen LogP contribution in [-0.2, 0) is 40.5 Å². The first-order chi connectivity index (χ1) is 19.2. The number of fused-ring (bicyclic) bond motifs is 1. The molecular weight excluding hydrogens is 608 g/mol. The van der Waals surface area contributed by atoms with Gasteiger partial charge in [0.1, 0.15) is 29.4 Å². The van der Waals surface area contributed by atoms with Crippen LogP contribution in [0.1, 0.15) is 5.69 Å². The summed E-state index contributed by atoms with van der Waals surface area (Å²) in [5.74, 6) is -2.06. The van der Waals surface area contributed by atoms with E-state index in [0.29, 0.717) is 22.2 Å². The molecule has 0 bridgehead atoms. The molecule has 2 aromatic rings. The Bertz CT molecular complexity index is 1380. The molecule has 1 N–H and O–H groups in total. The Hall–Kier alpha value is -3.48. The number of tetrazole rings is 1. The smallest absolute Gasteiger partial charge is 0.355 e. The van der Waals surface area contributed by atoms with E-state index in [1.54, 1.807) is 12.4 Å². The first kappa shape index (κ1) is 29.5. The van der Waals surface area contributed by atoms with Crippen LogP contribution < -0.4 is 5.32 Å². The molecule has 212 valence electrons. The van der Waals surface area contributed by atoms with Crippen molar-refractivity contribution in [2.45, 2.75) is 16.6 Å². The number of aryl methyl sites for hydroxylation is 1. The maximum Gasteiger partial charge on any atom is 0.355 e. The van der Waals surface area contributed by atoms with Gasteiger partial charge in [0.25, 0.3) is 11.8 Å². The molecule has 0 radical (unpaired) electrons. The maximum absolute atomic E-state index is 13.3. The van der Waals surface area contributed by atoms with Gasteiger partial charge in [-0.05, 0) is 16.0 Å². The minimum Gasteiger partial charge on any atom is -0.466 e. The van der Waals surface area contributed by atoms with Crippen LogP contribution >= 0.6 is 46.5 Å². The Labute approximate surface area is 244 Å². The molecule has 4 rings (SSSR count). The molecule has 2 atom stereocenters. The molecule has 0 aromatic carbocycles. The lowest BCUT2D eigenvalue weighted by atomic mass is 10.0. The van der Waals surface area contributed by atoms with Crippen LogP contribution in [0.3, 0.4) is 0 Å². The van der Waals surface area contributed by atoms with Gasteiger partial charge in [-0.1, -0.05) is 35.1 Å². The fraction of sp³-hybridized carbons (Fsp3) is 0.381. The van der Waals surface area contributed by atoms with Crippen LogP contribution in [0.5, 0.6) is 0 Å². The highest BCUT2D eigenvalue weighted by atomic mass is 35.5. The monoisotopic (exact) mass is 628 g/mol. The topological polar surface area (TPSA) is 180 Å². The van der Waals surface area contributed by atoms with Crippen molar-refractivity contribution in [3.63, 3.8) is 0 Å². The highest BCUT2D eigenvalue weighted by Gasteiger charge is 2.54. The standard InChI is InChI=1S/C21H21ClN8O7S3/c1-10(22)4-36-20(34)16-11(7-40-21-25-27-28-29(21)2)6-39-19-15(18(33)30(16)19)24-17(32)14(12-8-38-9-23-12)26-37-5-13(31)35-3/h8-9,15,19H,1,4-7H2,2-3H3,(H,24,32)/t15?,19-/m0/s1. The molecule has 2 aliphatic heterocycles. The Kier molecular flexibility index (Phi) is 9.77. The number of methoxy groups -OCH3 is 1. The lowest BCUT2D eigenvalue weighted by molar-refractivity contribution is -0.152. The van der Waals surface area contributed by atoms with Gasteiger partial charge < -0.3 is 19.6 Å². The van der Waals surface area contributed by atoms with E-state index >= 15 is 0 Å². The number of β-lactam (4-membered cyclic amide) rings is 1. The number of oxime groups is 1. The first-order valence-corrected chi connectivity index (χ1v) is 14.5. The van der Waals surface area contributed by atoms with E-state index in [0.717, 1.165) is 0 Å². The van der Waals surface area contributed by atoms with Gasteiger partial charge in [0.05, 0.1) is 12.6 Å². The number of carbonyl (C=O) groups excluding carboxylic acids is 4. The number of rotatable bonds is 12. The molecule has 2 aromatic heterocycles. The van der Waals surface area contributed by atoms with Gasteiger partial charge in [0, 0.05) is 29.0 Å². The second kappa shape index (κ2) is 13.2. The minimum atomic E-state index is -0.982. The van der Waals surface area contributed by atoms with E-state index in [2.05, 4.69) is 42.3 Å². The van der Waals surface area contributed by atoms with Gasteiger partial charge in [-0.3, -0.25) is 14.5 Å². The number of hydrogen-bond donors (Lipinski definition) is 1. The van der Waals surface area contributed by atoms with E-state index < -0.39 is 41.8 Å². The van der Waals surface area contributed by atoms with Gasteiger partial charge in [0.2, 0.25) is 11.8 Å². The van der Waals surface area contributed by atoms with Gasteiger partial charge in [0.15, 0.2) is 5.71 Å². The number of thioether (sulfide) groups is 2. The van der Waals surface area contributed by atoms with Crippen molar-refractivity contribution in [1.82, 2.24) is 35.4 Å². The second-order valence-corrected chi connectivity index (χ2v) is 11.2. The van der Waals surface area contributed by atoms with Crippen LogP contribution in [0.25, 0.3) is 0 Å². The van der Waals surface area contributed by atoms with Crippen molar-refractivity contribution in [1.29, 1.82) is 0 Å². The highest BCUT2D eigenvalue weighted by Crippen LogP contribution is 2.42. The molecule has 1 fully saturated rings. The number of nitrogens with zero attached hydrogens (tertiary/aromatic N) is 7. The average molecular weight is 629 g/mol. The molecular formula is C21H21ClN8O7S3. The summed E-state index contributed by atoms with van der Waals surface area (Å²) in [6, 6.07) is -0.982. The van der Waals surface area contributed by atoms with Crippen molar-refractivity contribution in [3.8, 4) is 0 Å². The third-order valence-corrected chi connectivity index (χ3v) is 8.43. The van der Waals surface area contributed by atoms with Crippen molar-refractivity contribution in [3.05, 3.63) is 39.5 Å². The van der Waals surface area contributed by atoms with Crippen LogP contribution in [0, 0.1) is 0 Å². The maximum atomic E-state index is 13.3. The quantitative estimate of drug-likeness (QED) is 0.112. The van der Waals surface area contributed by atoms with Gasteiger partial charge >= 0.3 is 11.9 Å². The number of aromatic nitrogens is 5. The summed E-state index contributed by atoms with van der Waals surface area (Å²) in [5.41, 5.74) is 2.13. The molecule has 1 unspecified atom stereocenters. The molecule has 0 spiro atoms. The zero-order chi connectivity index (χ0) is 28.8. The number of nitrogens with one attached hydrogen (secondary N) is 1. The molecule has 15 nitrogen and oxygen atoms in total. The van der Waals surface area contributed by atoms with Crippen LogP contribution in [0.4, 0.5) is 0 Å². The third kappa shape index (κ3) is 6.62. The molecule has 0 aliphatic carbocycles. The van der Waals surface area contributed by atoms with Gasteiger partial charge in [-0.25, -0.2) is 19.3 Å². The van der Waals surface area contributed by atoms with Crippen molar-refractivity contribution >= 4 is 75.9 Å². The van der Waals surface area contributed by atoms with E-state index in [4.69, 9.17) is 21.2 Å². The van der Waals surface area contributed by atoms with Crippen LogP contribution in [-0.4, -0.2) is 103 Å². The molecule has 2 aliphatic rings. The van der Waals surface area contributed by atoms with E-state index in [9.17, 15) is 19.2 Å². The zero-order valence-electron chi connectivity index (χ0n) is 20.9. The summed E-state index contributed by atoms with van der Waals surface area (Å²) in [6.45, 7) is 2.75. The fourth-order valence-corrected chi connectivity index (χ4v) is 6.37. The molecule has 0 saturated carbocycles. The fourth-order valence-electron chi connectivity index (χ4n) is 3.44. The number of amides is 2. The summed E-state index contributed by atoms with van der Waals surface area (Å²) in [5, 5.41) is 19.3. The summed E-state index contributed by atoms with van der Waals surface area (Å²) in [4.78, 5) is 61.1. The normalized spacial score (nSPS) is 18.5. The van der Waals surface area contributed by atoms with Crippen LogP contribution in [0.15, 0.2) is 44.1 Å². The number of esters is 2. The average Bonchev–Trinajstić information content (AvgIpc) is 3.62. The van der Waals surface area contributed by atoms with E-state index in [-0.39, 0.29) is 28.7 Å². The third-order valence-electron chi connectivity index (χ3n) is 5.30. The Balaban J connectivity index is 1.52. The molecule has 40 heavy (non-hydrogen) atoms. The van der Waals surface area contributed by atoms with Crippen molar-refractivity contribution in [2.75, 3.05) is 31.8 Å². The number of hydrogen-bond acceptors (Lipinski definition) is 15. The van der Waals surface area contributed by atoms with E-state index in [1.165, 1.54) is 57.1 Å². The number of thiazole rings is 1. The number of ether oxygens (including phenoxy) is 2. The van der Waals surface area contributed by atoms with Gasteiger partial charge in [-0.15, -0.1) is 28.2 Å². The minimum absolute atomic E-state index is 0.0644. The lowest BCUT2D eigenvalue weighted by Gasteiger charge is -2.49. The van der Waals surface area contributed by atoms with Gasteiger partial charge in [-0.2, -0.15) is 0 Å². The first-order valence-electron chi connectivity index (χ1n) is 11.2. The molecule has 1 saturated heterocycles. The zero-order valence-corrected chi connectivity index (χ0v) is 24.1. The van der Waals surface area contributed by atoms with Crippen molar-refractivity contribution < 1.29 is 33.5 Å². The Morgan fingerprint density at radius 1 is 1.35 bits per heavy atom. The Morgan fingerprint density at radius 3 is 2.80 bits per heavy atom. The number of carbonyl (C=O) groups is 4. The summed E-state index contributed by atoms with van der Waals surface area (Å²) in [6.07, 6.45) is 0. The molecule has 19 heteroatoms. The number of halogens is 1. The predicted molar refractivity (Wildman–Crippen MR) is 144 cm³/mol. The Morgan fingerprint density at radius 2 is 2.15 bits per heavy atom. The van der Waals surface area contributed by atoms with Crippen molar-refractivity contribution in [2.24, 2.45) is 12.2 Å². The highest BCUT2D eigenvalue weighted by molar-refractivity contribution is 8.01. The predicted octanol–water partition coefficient (Wildman–Crippen LogP) is 0.302. The van der Waals surface area contributed by atoms with E-state index in [1.807, 2.05) is 0 Å². The van der Waals surface area contributed by atoms with Crippen LogP contribution in [0.2, 0.25) is 0 Å².